The summed E-state index contributed by atoms with van der Waals surface area (Å²) in [6, 6.07) is 11.3. The van der Waals surface area contributed by atoms with Crippen molar-refractivity contribution >= 4 is 56.3 Å². The van der Waals surface area contributed by atoms with Crippen molar-refractivity contribution in [2.45, 2.75) is 11.0 Å². The molecule has 144 valence electrons. The van der Waals surface area contributed by atoms with Crippen LogP contribution < -0.4 is 5.56 Å². The van der Waals surface area contributed by atoms with Crippen molar-refractivity contribution in [3.05, 3.63) is 68.4 Å². The fraction of sp³-hybridized carbons (Fsp3) is 0.0526. The van der Waals surface area contributed by atoms with Crippen LogP contribution in [-0.4, -0.2) is 20.2 Å². The molecule has 0 atom stereocenters. The Morgan fingerprint density at radius 2 is 2.00 bits per heavy atom. The largest absolute Gasteiger partial charge is 0.410 e. The number of aromatic nitrogens is 4. The van der Waals surface area contributed by atoms with Crippen LogP contribution in [0.15, 0.2) is 61.6 Å². The van der Waals surface area contributed by atoms with E-state index in [2.05, 4.69) is 20.2 Å². The van der Waals surface area contributed by atoms with E-state index in [0.29, 0.717) is 37.9 Å². The van der Waals surface area contributed by atoms with Gasteiger partial charge in [0.25, 0.3) is 16.7 Å². The van der Waals surface area contributed by atoms with Crippen LogP contribution in [0.25, 0.3) is 32.1 Å². The second kappa shape index (κ2) is 7.75. The maximum Gasteiger partial charge on any atom is 0.277 e. The van der Waals surface area contributed by atoms with Gasteiger partial charge in [-0.05, 0) is 17.5 Å². The van der Waals surface area contributed by atoms with Gasteiger partial charge >= 0.3 is 0 Å². The summed E-state index contributed by atoms with van der Waals surface area (Å²) < 4.78 is 5.66. The molecule has 5 rings (SSSR count). The number of nitrogens with one attached hydrogen (secondary N) is 1. The first kappa shape index (κ1) is 18.6. The summed E-state index contributed by atoms with van der Waals surface area (Å²) in [4.78, 5) is 21.8. The first-order chi connectivity index (χ1) is 14.2. The molecule has 29 heavy (non-hydrogen) atoms. The number of thioether (sulfide) groups is 1. The van der Waals surface area contributed by atoms with Crippen molar-refractivity contribution in [1.29, 1.82) is 0 Å². The van der Waals surface area contributed by atoms with Gasteiger partial charge in [-0.15, -0.1) is 32.9 Å². The lowest BCUT2D eigenvalue weighted by atomic mass is 10.1. The number of benzene rings is 1. The van der Waals surface area contributed by atoms with Crippen LogP contribution in [0.5, 0.6) is 0 Å². The molecule has 4 heterocycles. The smallest absolute Gasteiger partial charge is 0.277 e. The van der Waals surface area contributed by atoms with E-state index >= 15 is 0 Å². The number of aromatic amines is 1. The van der Waals surface area contributed by atoms with Crippen molar-refractivity contribution in [1.82, 2.24) is 20.2 Å². The molecule has 4 aromatic heterocycles. The van der Waals surface area contributed by atoms with Crippen LogP contribution in [-0.2, 0) is 5.75 Å². The Morgan fingerprint density at radius 3 is 2.83 bits per heavy atom. The molecule has 0 saturated heterocycles. The molecule has 0 aliphatic carbocycles. The topological polar surface area (TPSA) is 84.7 Å². The third kappa shape index (κ3) is 3.62. The first-order valence-corrected chi connectivity index (χ1v) is 11.6. The monoisotopic (exact) mass is 458 g/mol. The van der Waals surface area contributed by atoms with Gasteiger partial charge in [0.2, 0.25) is 0 Å². The summed E-state index contributed by atoms with van der Waals surface area (Å²) in [6.07, 6.45) is 0. The molecule has 0 bridgehead atoms. The minimum Gasteiger partial charge on any atom is -0.410 e. The molecule has 0 saturated carbocycles. The molecular formula is C19H11ClN4O2S3. The van der Waals surface area contributed by atoms with E-state index in [0.717, 1.165) is 16.0 Å². The Hall–Kier alpha value is -2.46. The summed E-state index contributed by atoms with van der Waals surface area (Å²) in [5.74, 6) is 1.45. The van der Waals surface area contributed by atoms with E-state index in [1.165, 1.54) is 34.4 Å². The lowest BCUT2D eigenvalue weighted by Gasteiger charge is -2.03. The second-order valence-electron chi connectivity index (χ2n) is 5.96. The fourth-order valence-electron chi connectivity index (χ4n) is 2.84. The summed E-state index contributed by atoms with van der Waals surface area (Å²) in [6.45, 7) is 0. The van der Waals surface area contributed by atoms with Gasteiger partial charge < -0.3 is 9.40 Å². The third-order valence-corrected chi connectivity index (χ3v) is 7.02. The molecular weight excluding hydrogens is 448 g/mol. The van der Waals surface area contributed by atoms with E-state index in [1.54, 1.807) is 0 Å². The van der Waals surface area contributed by atoms with Gasteiger partial charge in [-0.25, -0.2) is 4.98 Å². The zero-order valence-electron chi connectivity index (χ0n) is 14.6. The molecule has 0 spiro atoms. The maximum atomic E-state index is 12.7. The lowest BCUT2D eigenvalue weighted by molar-refractivity contribution is 0.466. The molecule has 1 aromatic carbocycles. The summed E-state index contributed by atoms with van der Waals surface area (Å²) in [7, 11) is 0. The summed E-state index contributed by atoms with van der Waals surface area (Å²) in [5.41, 5.74) is 1.43. The fourth-order valence-corrected chi connectivity index (χ4v) is 5.31. The third-order valence-electron chi connectivity index (χ3n) is 4.13. The highest BCUT2D eigenvalue weighted by atomic mass is 35.5. The molecule has 1 N–H and O–H groups in total. The normalized spacial score (nSPS) is 11.3. The van der Waals surface area contributed by atoms with Crippen molar-refractivity contribution in [3.63, 3.8) is 0 Å². The van der Waals surface area contributed by atoms with Crippen molar-refractivity contribution in [2.75, 3.05) is 0 Å². The summed E-state index contributed by atoms with van der Waals surface area (Å²) >= 11 is 10.6. The molecule has 6 nitrogen and oxygen atoms in total. The number of thiophene rings is 2. The van der Waals surface area contributed by atoms with Gasteiger partial charge in [0.15, 0.2) is 0 Å². The average molecular weight is 459 g/mol. The molecule has 5 aromatic rings. The molecule has 0 aliphatic heterocycles. The number of H-pyrrole nitrogens is 1. The number of rotatable bonds is 5. The Morgan fingerprint density at radius 1 is 1.10 bits per heavy atom. The van der Waals surface area contributed by atoms with Gasteiger partial charge in [-0.1, -0.05) is 47.6 Å². The van der Waals surface area contributed by atoms with E-state index in [-0.39, 0.29) is 5.56 Å². The molecule has 10 heteroatoms. The number of hydrogen-bond acceptors (Lipinski definition) is 8. The van der Waals surface area contributed by atoms with Crippen LogP contribution in [0.4, 0.5) is 0 Å². The van der Waals surface area contributed by atoms with Crippen LogP contribution in [0.3, 0.4) is 0 Å². The van der Waals surface area contributed by atoms with Crippen LogP contribution in [0.2, 0.25) is 5.02 Å². The molecule has 0 aliphatic rings. The van der Waals surface area contributed by atoms with E-state index in [4.69, 9.17) is 16.0 Å². The predicted molar refractivity (Wildman–Crippen MR) is 118 cm³/mol. The van der Waals surface area contributed by atoms with Gasteiger partial charge in [-0.2, -0.15) is 0 Å². The van der Waals surface area contributed by atoms with Gasteiger partial charge in [0, 0.05) is 21.5 Å². The Balaban J connectivity index is 1.41. The Bertz CT molecular complexity index is 1360. The zero-order valence-corrected chi connectivity index (χ0v) is 17.8. The number of halogens is 1. The molecule has 0 amide bonds. The van der Waals surface area contributed by atoms with Crippen LogP contribution in [0.1, 0.15) is 5.82 Å². The number of fused-ring (bicyclic) bond motifs is 1. The van der Waals surface area contributed by atoms with Crippen LogP contribution in [0, 0.1) is 0 Å². The van der Waals surface area contributed by atoms with Crippen LogP contribution >= 0.6 is 46.0 Å². The first-order valence-electron chi connectivity index (χ1n) is 8.44. The number of nitrogens with zero attached hydrogens (tertiary/aromatic N) is 3. The zero-order chi connectivity index (χ0) is 19.8. The minimum absolute atomic E-state index is 0.188. The van der Waals surface area contributed by atoms with E-state index in [1.807, 2.05) is 47.2 Å². The Labute approximate surface area is 181 Å². The quantitative estimate of drug-likeness (QED) is 0.339. The van der Waals surface area contributed by atoms with E-state index in [9.17, 15) is 4.79 Å². The van der Waals surface area contributed by atoms with Crippen molar-refractivity contribution < 1.29 is 4.42 Å². The average Bonchev–Trinajstić information content (AvgIpc) is 3.47. The SMILES string of the molecule is O=c1[nH]c(CSc2nnc(-c3cccs3)o2)nc2scc(-c3ccccc3Cl)c12. The van der Waals surface area contributed by atoms with Gasteiger partial charge in [-0.3, -0.25) is 4.79 Å². The van der Waals surface area contributed by atoms with Crippen molar-refractivity contribution in [2.24, 2.45) is 0 Å². The van der Waals surface area contributed by atoms with E-state index < -0.39 is 0 Å². The standard InChI is InChI=1S/C19H11ClN4O2S3/c20-12-5-2-1-4-10(12)11-8-28-18-15(11)16(25)21-14(22-18)9-29-19-24-23-17(26-19)13-6-3-7-27-13/h1-8H,9H2,(H,21,22,25). The minimum atomic E-state index is -0.188. The van der Waals surface area contributed by atoms with Crippen molar-refractivity contribution in [3.8, 4) is 21.9 Å². The summed E-state index contributed by atoms with van der Waals surface area (Å²) in [5, 5.41) is 13.5. The highest BCUT2D eigenvalue weighted by Crippen LogP contribution is 2.35. The number of hydrogen-bond donors (Lipinski definition) is 1. The highest BCUT2D eigenvalue weighted by molar-refractivity contribution is 7.98. The Kier molecular flexibility index (Phi) is 4.96. The molecule has 0 fully saturated rings. The lowest BCUT2D eigenvalue weighted by Crippen LogP contribution is -2.10. The van der Waals surface area contributed by atoms with Gasteiger partial charge in [0.1, 0.15) is 10.7 Å². The maximum absolute atomic E-state index is 12.7. The molecule has 0 unspecified atom stereocenters. The molecule has 0 radical (unpaired) electrons. The highest BCUT2D eigenvalue weighted by Gasteiger charge is 2.16. The second-order valence-corrected chi connectivity index (χ2v) is 9.10. The predicted octanol–water partition coefficient (Wildman–Crippen LogP) is 5.71. The van der Waals surface area contributed by atoms with Gasteiger partial charge in [0.05, 0.1) is 16.0 Å².